The average Bonchev–Trinajstić information content (AvgIpc) is 2.70. The van der Waals surface area contributed by atoms with Gasteiger partial charge in [0.15, 0.2) is 0 Å². The van der Waals surface area contributed by atoms with Gasteiger partial charge in [-0.05, 0) is 43.8 Å². The highest BCUT2D eigenvalue weighted by atomic mass is 35.5. The Kier molecular flexibility index (Phi) is 6.62. The molecule has 0 spiro atoms. The third-order valence-corrected chi connectivity index (χ3v) is 5.81. The minimum atomic E-state index is -0.438. The second kappa shape index (κ2) is 8.98. The number of rotatable bonds is 5. The summed E-state index contributed by atoms with van der Waals surface area (Å²) >= 11 is 12.0. The molecule has 1 fully saturated rings. The lowest BCUT2D eigenvalue weighted by molar-refractivity contribution is -0.384. The quantitative estimate of drug-likeness (QED) is 0.562. The van der Waals surface area contributed by atoms with E-state index < -0.39 is 10.8 Å². The first-order chi connectivity index (χ1) is 13.8. The van der Waals surface area contributed by atoms with E-state index in [1.807, 2.05) is 18.9 Å². The second-order valence-electron chi connectivity index (χ2n) is 7.12. The van der Waals surface area contributed by atoms with Gasteiger partial charge in [0, 0.05) is 37.8 Å². The van der Waals surface area contributed by atoms with Gasteiger partial charge in [-0.1, -0.05) is 29.3 Å². The summed E-state index contributed by atoms with van der Waals surface area (Å²) in [6.45, 7) is 4.89. The van der Waals surface area contributed by atoms with Gasteiger partial charge < -0.3 is 15.1 Å². The van der Waals surface area contributed by atoms with Crippen LogP contribution in [0.5, 0.6) is 0 Å². The second-order valence-corrected chi connectivity index (χ2v) is 7.93. The largest absolute Gasteiger partial charge is 0.363 e. The monoisotopic (exact) mass is 436 g/mol. The first-order valence-corrected chi connectivity index (χ1v) is 9.99. The zero-order valence-corrected chi connectivity index (χ0v) is 17.7. The number of piperazine rings is 1. The van der Waals surface area contributed by atoms with Gasteiger partial charge in [-0.25, -0.2) is 0 Å². The van der Waals surface area contributed by atoms with Crippen LogP contribution in [0.4, 0.5) is 11.4 Å². The zero-order valence-electron chi connectivity index (χ0n) is 16.2. The highest BCUT2D eigenvalue weighted by Gasteiger charge is 2.24. The van der Waals surface area contributed by atoms with Crippen molar-refractivity contribution < 1.29 is 9.72 Å². The minimum Gasteiger partial charge on any atom is -0.363 e. The van der Waals surface area contributed by atoms with Gasteiger partial charge in [0.05, 0.1) is 21.0 Å². The van der Waals surface area contributed by atoms with E-state index in [0.29, 0.717) is 28.8 Å². The van der Waals surface area contributed by atoms with E-state index in [1.165, 1.54) is 6.07 Å². The molecule has 0 saturated carbocycles. The fourth-order valence-electron chi connectivity index (χ4n) is 3.27. The summed E-state index contributed by atoms with van der Waals surface area (Å²) in [6, 6.07) is 9.40. The standard InChI is InChI=1S/C20H22Cl2N4O3/c1-13(14-3-5-16(21)17(22)11-14)23-20(27)15-4-6-18(19(12-15)26(28)29)25-9-7-24(2)8-10-25/h3-6,11-13H,7-10H2,1-2H3,(H,23,27)/t13-/m0/s1. The summed E-state index contributed by atoms with van der Waals surface area (Å²) in [7, 11) is 2.02. The van der Waals surface area contributed by atoms with Crippen molar-refractivity contribution in [2.24, 2.45) is 0 Å². The molecule has 0 aliphatic carbocycles. The molecule has 29 heavy (non-hydrogen) atoms. The number of amides is 1. The van der Waals surface area contributed by atoms with Crippen LogP contribution in [0.1, 0.15) is 28.9 Å². The molecule has 1 aliphatic rings. The smallest absolute Gasteiger partial charge is 0.293 e. The van der Waals surface area contributed by atoms with Gasteiger partial charge in [0.1, 0.15) is 5.69 Å². The van der Waals surface area contributed by atoms with Gasteiger partial charge in [-0.15, -0.1) is 0 Å². The lowest BCUT2D eigenvalue weighted by Crippen LogP contribution is -2.44. The maximum Gasteiger partial charge on any atom is 0.293 e. The molecule has 0 bridgehead atoms. The summed E-state index contributed by atoms with van der Waals surface area (Å²) in [6.07, 6.45) is 0. The Hall–Kier alpha value is -2.35. The van der Waals surface area contributed by atoms with Gasteiger partial charge >= 0.3 is 0 Å². The summed E-state index contributed by atoms with van der Waals surface area (Å²) < 4.78 is 0. The number of likely N-dealkylation sites (N-methyl/N-ethyl adjacent to an activating group) is 1. The molecule has 0 radical (unpaired) electrons. The average molecular weight is 437 g/mol. The highest BCUT2D eigenvalue weighted by molar-refractivity contribution is 6.42. The Labute approximate surface area is 179 Å². The van der Waals surface area contributed by atoms with Gasteiger partial charge in [-0.3, -0.25) is 14.9 Å². The molecular weight excluding hydrogens is 415 g/mol. The Morgan fingerprint density at radius 3 is 2.41 bits per heavy atom. The fourth-order valence-corrected chi connectivity index (χ4v) is 3.58. The number of hydrogen-bond donors (Lipinski definition) is 1. The molecule has 1 heterocycles. The van der Waals surface area contributed by atoms with Gasteiger partial charge in [0.2, 0.25) is 0 Å². The van der Waals surface area contributed by atoms with Gasteiger partial charge in [-0.2, -0.15) is 0 Å². The number of nitrogens with zero attached hydrogens (tertiary/aromatic N) is 3. The number of carbonyl (C=O) groups excluding carboxylic acids is 1. The highest BCUT2D eigenvalue weighted by Crippen LogP contribution is 2.30. The Morgan fingerprint density at radius 1 is 1.10 bits per heavy atom. The van der Waals surface area contributed by atoms with E-state index in [2.05, 4.69) is 10.2 Å². The third kappa shape index (κ3) is 4.98. The minimum absolute atomic E-state index is 0.0654. The number of nitrogens with one attached hydrogen (secondary N) is 1. The van der Waals surface area contributed by atoms with Crippen molar-refractivity contribution in [2.45, 2.75) is 13.0 Å². The van der Waals surface area contributed by atoms with E-state index in [-0.39, 0.29) is 17.3 Å². The summed E-state index contributed by atoms with van der Waals surface area (Å²) in [5.74, 6) is -0.392. The molecule has 1 N–H and O–H groups in total. The molecule has 1 atom stereocenters. The number of benzene rings is 2. The molecule has 1 amide bonds. The van der Waals surface area contributed by atoms with Crippen molar-refractivity contribution in [1.82, 2.24) is 10.2 Å². The van der Waals surface area contributed by atoms with Crippen molar-refractivity contribution in [3.05, 3.63) is 67.7 Å². The molecule has 1 saturated heterocycles. The van der Waals surface area contributed by atoms with Crippen LogP contribution in [0, 0.1) is 10.1 Å². The van der Waals surface area contributed by atoms with Crippen LogP contribution < -0.4 is 10.2 Å². The molecule has 3 rings (SSSR count). The predicted octanol–water partition coefficient (Wildman–Crippen LogP) is 4.14. The number of halogens is 2. The van der Waals surface area contributed by atoms with Crippen LogP contribution in [-0.2, 0) is 0 Å². The van der Waals surface area contributed by atoms with Crippen LogP contribution in [-0.4, -0.2) is 49.0 Å². The van der Waals surface area contributed by atoms with E-state index >= 15 is 0 Å². The van der Waals surface area contributed by atoms with E-state index in [1.54, 1.807) is 30.3 Å². The number of nitro benzene ring substituents is 1. The van der Waals surface area contributed by atoms with Crippen molar-refractivity contribution in [3.8, 4) is 0 Å². The van der Waals surface area contributed by atoms with Crippen molar-refractivity contribution in [1.29, 1.82) is 0 Å². The lowest BCUT2D eigenvalue weighted by atomic mass is 10.1. The first-order valence-electron chi connectivity index (χ1n) is 9.24. The topological polar surface area (TPSA) is 78.7 Å². The van der Waals surface area contributed by atoms with Crippen molar-refractivity contribution in [2.75, 3.05) is 38.1 Å². The molecule has 7 nitrogen and oxygen atoms in total. The number of nitro groups is 1. The number of anilines is 1. The van der Waals surface area contributed by atoms with Crippen LogP contribution in [0.25, 0.3) is 0 Å². The molecular formula is C20H22Cl2N4O3. The van der Waals surface area contributed by atoms with E-state index in [0.717, 1.165) is 18.7 Å². The Balaban J connectivity index is 1.79. The van der Waals surface area contributed by atoms with Crippen molar-refractivity contribution in [3.63, 3.8) is 0 Å². The molecule has 1 aliphatic heterocycles. The lowest BCUT2D eigenvalue weighted by Gasteiger charge is -2.33. The summed E-state index contributed by atoms with van der Waals surface area (Å²) in [4.78, 5) is 28.0. The maximum atomic E-state index is 12.7. The normalized spacial score (nSPS) is 15.8. The molecule has 2 aromatic rings. The number of hydrogen-bond acceptors (Lipinski definition) is 5. The molecule has 9 heteroatoms. The third-order valence-electron chi connectivity index (χ3n) is 5.07. The summed E-state index contributed by atoms with van der Waals surface area (Å²) in [5, 5.41) is 15.3. The molecule has 0 aromatic heterocycles. The fraction of sp³-hybridized carbons (Fsp3) is 0.350. The molecule has 154 valence electrons. The van der Waals surface area contributed by atoms with Gasteiger partial charge in [0.25, 0.3) is 11.6 Å². The zero-order chi connectivity index (χ0) is 21.1. The Morgan fingerprint density at radius 2 is 1.79 bits per heavy atom. The maximum absolute atomic E-state index is 12.7. The summed E-state index contributed by atoms with van der Waals surface area (Å²) in [5.41, 5.74) is 1.50. The molecule has 0 unspecified atom stereocenters. The SMILES string of the molecule is C[C@H](NC(=O)c1ccc(N2CCN(C)CC2)c([N+](=O)[O-])c1)c1ccc(Cl)c(Cl)c1. The van der Waals surface area contributed by atoms with Crippen molar-refractivity contribution >= 4 is 40.5 Å². The van der Waals surface area contributed by atoms with Crippen LogP contribution in [0.15, 0.2) is 36.4 Å². The Bertz CT molecular complexity index is 930. The van der Waals surface area contributed by atoms with Crippen LogP contribution in [0.2, 0.25) is 10.0 Å². The van der Waals surface area contributed by atoms with Crippen LogP contribution >= 0.6 is 23.2 Å². The molecule has 2 aromatic carbocycles. The van der Waals surface area contributed by atoms with E-state index in [9.17, 15) is 14.9 Å². The first kappa shape index (κ1) is 21.4. The van der Waals surface area contributed by atoms with E-state index in [4.69, 9.17) is 23.2 Å². The number of carbonyl (C=O) groups is 1. The predicted molar refractivity (Wildman–Crippen MR) is 115 cm³/mol. The van der Waals surface area contributed by atoms with Crippen LogP contribution in [0.3, 0.4) is 0 Å².